The summed E-state index contributed by atoms with van der Waals surface area (Å²) < 4.78 is 16.9. The highest BCUT2D eigenvalue weighted by Gasteiger charge is 2.40. The summed E-state index contributed by atoms with van der Waals surface area (Å²) in [5, 5.41) is 0. The van der Waals surface area contributed by atoms with Crippen LogP contribution in [0, 0.1) is 0 Å². The van der Waals surface area contributed by atoms with Crippen LogP contribution in [0.3, 0.4) is 0 Å². The maximum Gasteiger partial charge on any atom is 0.226 e. The molecule has 0 aromatic heterocycles. The molecule has 2 aliphatic heterocycles. The second-order valence-electron chi connectivity index (χ2n) is 5.40. The molecule has 0 radical (unpaired) electrons. The van der Waals surface area contributed by atoms with E-state index >= 15 is 0 Å². The van der Waals surface area contributed by atoms with Crippen LogP contribution in [0.25, 0.3) is 0 Å². The van der Waals surface area contributed by atoms with Crippen molar-refractivity contribution in [2.75, 3.05) is 32.9 Å². The fraction of sp³-hybridized carbons (Fsp3) is 0.562. The van der Waals surface area contributed by atoms with E-state index in [-0.39, 0.29) is 5.91 Å². The van der Waals surface area contributed by atoms with Crippen LogP contribution in [0.5, 0.6) is 5.75 Å². The van der Waals surface area contributed by atoms with Gasteiger partial charge in [0.05, 0.1) is 26.2 Å². The molecule has 2 aliphatic rings. The van der Waals surface area contributed by atoms with Gasteiger partial charge in [-0.1, -0.05) is 18.2 Å². The first-order valence-electron chi connectivity index (χ1n) is 7.51. The topological polar surface area (TPSA) is 48.0 Å². The van der Waals surface area contributed by atoms with Gasteiger partial charge in [0.2, 0.25) is 5.91 Å². The Morgan fingerprint density at radius 1 is 1.14 bits per heavy atom. The Bertz CT molecular complexity index is 460. The fourth-order valence-electron chi connectivity index (χ4n) is 2.81. The third-order valence-corrected chi connectivity index (χ3v) is 4.02. The van der Waals surface area contributed by atoms with Gasteiger partial charge in [0.25, 0.3) is 0 Å². The number of carbonyl (C=O) groups is 1. The number of para-hydroxylation sites is 1. The standard InChI is InChI=1S/C16H21NO4/c18-15(6-11-19-14-4-2-1-3-5-14)17-9-7-16(8-10-17)20-12-13-21-16/h1-5H,6-13H2. The van der Waals surface area contributed by atoms with Crippen molar-refractivity contribution in [2.24, 2.45) is 0 Å². The van der Waals surface area contributed by atoms with E-state index < -0.39 is 5.79 Å². The molecule has 5 nitrogen and oxygen atoms in total. The number of rotatable bonds is 4. The van der Waals surface area contributed by atoms with Crippen LogP contribution in [0.15, 0.2) is 30.3 Å². The third kappa shape index (κ3) is 3.54. The molecule has 21 heavy (non-hydrogen) atoms. The number of amides is 1. The highest BCUT2D eigenvalue weighted by Crippen LogP contribution is 2.31. The lowest BCUT2D eigenvalue weighted by Crippen LogP contribution is -2.47. The monoisotopic (exact) mass is 291 g/mol. The van der Waals surface area contributed by atoms with Gasteiger partial charge < -0.3 is 19.1 Å². The lowest BCUT2D eigenvalue weighted by atomic mass is 10.0. The third-order valence-electron chi connectivity index (χ3n) is 4.02. The zero-order chi connectivity index (χ0) is 14.5. The van der Waals surface area contributed by atoms with E-state index in [1.54, 1.807) is 0 Å². The minimum Gasteiger partial charge on any atom is -0.493 e. The number of piperidine rings is 1. The molecule has 1 aromatic carbocycles. The van der Waals surface area contributed by atoms with Crippen LogP contribution in [-0.4, -0.2) is 49.5 Å². The summed E-state index contributed by atoms with van der Waals surface area (Å²) in [5.74, 6) is 0.520. The molecule has 1 amide bonds. The SMILES string of the molecule is O=C(CCOc1ccccc1)N1CCC2(CC1)OCCO2. The van der Waals surface area contributed by atoms with Crippen molar-refractivity contribution in [3.63, 3.8) is 0 Å². The van der Waals surface area contributed by atoms with Gasteiger partial charge in [0, 0.05) is 25.9 Å². The Morgan fingerprint density at radius 2 is 1.81 bits per heavy atom. The summed E-state index contributed by atoms with van der Waals surface area (Å²) in [7, 11) is 0. The van der Waals surface area contributed by atoms with Gasteiger partial charge in [-0.15, -0.1) is 0 Å². The zero-order valence-electron chi connectivity index (χ0n) is 12.1. The van der Waals surface area contributed by atoms with Gasteiger partial charge in [0.15, 0.2) is 5.79 Å². The van der Waals surface area contributed by atoms with E-state index in [9.17, 15) is 4.79 Å². The summed E-state index contributed by atoms with van der Waals surface area (Å²) in [5.41, 5.74) is 0. The Kier molecular flexibility index (Phi) is 4.41. The average Bonchev–Trinajstić information content (AvgIpc) is 2.97. The van der Waals surface area contributed by atoms with E-state index in [1.165, 1.54) is 0 Å². The lowest BCUT2D eigenvalue weighted by Gasteiger charge is -2.37. The van der Waals surface area contributed by atoms with Gasteiger partial charge in [0.1, 0.15) is 5.75 Å². The molecular formula is C16H21NO4. The van der Waals surface area contributed by atoms with E-state index in [0.717, 1.165) is 18.6 Å². The van der Waals surface area contributed by atoms with Crippen molar-refractivity contribution in [1.29, 1.82) is 0 Å². The number of benzene rings is 1. The molecule has 0 saturated carbocycles. The number of ether oxygens (including phenoxy) is 3. The van der Waals surface area contributed by atoms with Crippen LogP contribution in [0.2, 0.25) is 0 Å². The van der Waals surface area contributed by atoms with E-state index in [1.807, 2.05) is 35.2 Å². The first-order valence-corrected chi connectivity index (χ1v) is 7.51. The number of hydrogen-bond acceptors (Lipinski definition) is 4. The molecule has 2 saturated heterocycles. The Morgan fingerprint density at radius 3 is 2.48 bits per heavy atom. The van der Waals surface area contributed by atoms with Crippen molar-refractivity contribution in [1.82, 2.24) is 4.90 Å². The van der Waals surface area contributed by atoms with Crippen molar-refractivity contribution in [2.45, 2.75) is 25.0 Å². The van der Waals surface area contributed by atoms with Crippen LogP contribution in [-0.2, 0) is 14.3 Å². The smallest absolute Gasteiger partial charge is 0.226 e. The molecule has 3 rings (SSSR count). The van der Waals surface area contributed by atoms with E-state index in [4.69, 9.17) is 14.2 Å². The maximum absolute atomic E-state index is 12.2. The summed E-state index contributed by atoms with van der Waals surface area (Å²) in [6, 6.07) is 9.56. The summed E-state index contributed by atoms with van der Waals surface area (Å²) in [6.07, 6.45) is 1.93. The van der Waals surface area contributed by atoms with E-state index in [0.29, 0.717) is 39.3 Å². The molecular weight excluding hydrogens is 270 g/mol. The first kappa shape index (κ1) is 14.4. The zero-order valence-corrected chi connectivity index (χ0v) is 12.1. The number of hydrogen-bond donors (Lipinski definition) is 0. The van der Waals surface area contributed by atoms with E-state index in [2.05, 4.69) is 0 Å². The van der Waals surface area contributed by atoms with Crippen LogP contribution >= 0.6 is 0 Å². The molecule has 5 heteroatoms. The highest BCUT2D eigenvalue weighted by molar-refractivity contribution is 5.76. The Balaban J connectivity index is 1.40. The van der Waals surface area contributed by atoms with Crippen LogP contribution < -0.4 is 4.74 Å². The fourth-order valence-corrected chi connectivity index (χ4v) is 2.81. The minimum absolute atomic E-state index is 0.138. The van der Waals surface area contributed by atoms with Gasteiger partial charge in [-0.3, -0.25) is 4.79 Å². The minimum atomic E-state index is -0.419. The van der Waals surface area contributed by atoms with Gasteiger partial charge in [-0.05, 0) is 12.1 Å². The summed E-state index contributed by atoms with van der Waals surface area (Å²) in [4.78, 5) is 14.0. The molecule has 0 aliphatic carbocycles. The first-order chi connectivity index (χ1) is 10.3. The molecule has 1 aromatic rings. The van der Waals surface area contributed by atoms with Gasteiger partial charge >= 0.3 is 0 Å². The van der Waals surface area contributed by atoms with Gasteiger partial charge in [-0.25, -0.2) is 0 Å². The molecule has 2 heterocycles. The average molecular weight is 291 g/mol. The number of likely N-dealkylation sites (tertiary alicyclic amines) is 1. The largest absolute Gasteiger partial charge is 0.493 e. The molecule has 114 valence electrons. The van der Waals surface area contributed by atoms with Crippen molar-refractivity contribution in [3.05, 3.63) is 30.3 Å². The molecule has 1 spiro atoms. The van der Waals surface area contributed by atoms with Crippen LogP contribution in [0.4, 0.5) is 0 Å². The normalized spacial score (nSPS) is 20.7. The predicted molar refractivity (Wildman–Crippen MR) is 77.0 cm³/mol. The van der Waals surface area contributed by atoms with Crippen LogP contribution in [0.1, 0.15) is 19.3 Å². The number of carbonyl (C=O) groups excluding carboxylic acids is 1. The maximum atomic E-state index is 12.2. The quantitative estimate of drug-likeness (QED) is 0.849. The second kappa shape index (κ2) is 6.45. The number of nitrogens with zero attached hydrogens (tertiary/aromatic N) is 1. The molecule has 0 atom stereocenters. The summed E-state index contributed by atoms with van der Waals surface area (Å²) >= 11 is 0. The molecule has 0 N–H and O–H groups in total. The van der Waals surface area contributed by atoms with Crippen molar-refractivity contribution >= 4 is 5.91 Å². The highest BCUT2D eigenvalue weighted by atomic mass is 16.7. The van der Waals surface area contributed by atoms with Crippen molar-refractivity contribution < 1.29 is 19.0 Å². The lowest BCUT2D eigenvalue weighted by molar-refractivity contribution is -0.187. The Labute approximate surface area is 124 Å². The Hall–Kier alpha value is -1.59. The molecule has 2 fully saturated rings. The second-order valence-corrected chi connectivity index (χ2v) is 5.40. The van der Waals surface area contributed by atoms with Gasteiger partial charge in [-0.2, -0.15) is 0 Å². The predicted octanol–water partition coefficient (Wildman–Crippen LogP) is 1.82. The molecule has 0 unspecified atom stereocenters. The summed E-state index contributed by atoms with van der Waals surface area (Å²) in [6.45, 7) is 3.14. The van der Waals surface area contributed by atoms with Crippen molar-refractivity contribution in [3.8, 4) is 5.75 Å². The molecule has 0 bridgehead atoms.